The van der Waals surface area contributed by atoms with Crippen LogP contribution < -0.4 is 0 Å². The van der Waals surface area contributed by atoms with Crippen molar-refractivity contribution >= 4 is 42.8 Å². The van der Waals surface area contributed by atoms with Gasteiger partial charge in [-0.1, -0.05) is 0 Å². The van der Waals surface area contributed by atoms with E-state index in [0.29, 0.717) is 0 Å². The van der Waals surface area contributed by atoms with Crippen molar-refractivity contribution in [2.75, 3.05) is 0 Å². The van der Waals surface area contributed by atoms with Gasteiger partial charge in [0.1, 0.15) is 0 Å². The lowest BCUT2D eigenvalue weighted by molar-refractivity contribution is 1.43. The molecule has 0 unspecified atom stereocenters. The lowest BCUT2D eigenvalue weighted by Gasteiger charge is -1.74. The van der Waals surface area contributed by atoms with Crippen molar-refractivity contribution in [3.8, 4) is 0 Å². The molecule has 0 N–H and O–H groups in total. The second kappa shape index (κ2) is 2.17. The van der Waals surface area contributed by atoms with Gasteiger partial charge in [0.15, 0.2) is 0 Å². The number of thiophene rings is 1. The normalized spacial score (nSPS) is 16.5. The van der Waals surface area contributed by atoms with Crippen LogP contribution in [0.4, 0.5) is 0 Å². The summed E-state index contributed by atoms with van der Waals surface area (Å²) >= 11 is 1.83. The monoisotopic (exact) mass is 178 g/mol. The molecule has 0 aromatic carbocycles. The van der Waals surface area contributed by atoms with Crippen molar-refractivity contribution in [1.82, 2.24) is 0 Å². The van der Waals surface area contributed by atoms with E-state index in [4.69, 9.17) is 0 Å². The van der Waals surface area contributed by atoms with E-state index >= 15 is 0 Å². The highest BCUT2D eigenvalue weighted by atomic mass is 33.5. The molecule has 4 heteroatoms. The third-order valence-corrected chi connectivity index (χ3v) is 6.35. The van der Waals surface area contributed by atoms with Crippen LogP contribution in [0.1, 0.15) is 0 Å². The molecule has 0 spiro atoms. The van der Waals surface area contributed by atoms with Crippen LogP contribution in [0.3, 0.4) is 0 Å². The van der Waals surface area contributed by atoms with E-state index in [0.717, 1.165) is 0 Å². The minimum Gasteiger partial charge on any atom is -0.135 e. The average molecular weight is 178 g/mol. The topological polar surface area (TPSA) is 0 Å². The van der Waals surface area contributed by atoms with Gasteiger partial charge in [0, 0.05) is 4.90 Å². The highest BCUT2D eigenvalue weighted by molar-refractivity contribution is 9.10. The predicted octanol–water partition coefficient (Wildman–Crippen LogP) is 3.51. The number of hydrogen-bond donors (Lipinski definition) is 0. The van der Waals surface area contributed by atoms with Gasteiger partial charge < -0.3 is 0 Å². The summed E-state index contributed by atoms with van der Waals surface area (Å²) in [6, 6.07) is 2.18. The van der Waals surface area contributed by atoms with Crippen LogP contribution in [-0.4, -0.2) is 0 Å². The lowest BCUT2D eigenvalue weighted by Crippen LogP contribution is -1.47. The summed E-state index contributed by atoms with van der Waals surface area (Å²) in [5.74, 6) is 0. The van der Waals surface area contributed by atoms with Gasteiger partial charge in [0.25, 0.3) is 0 Å². The lowest BCUT2D eigenvalue weighted by atomic mass is 10.7. The summed E-state index contributed by atoms with van der Waals surface area (Å²) in [5, 5.41) is 2.14. The molecule has 1 aliphatic rings. The van der Waals surface area contributed by atoms with E-state index in [1.807, 2.05) is 42.8 Å². The average Bonchev–Trinajstić information content (AvgIpc) is 2.15. The molecule has 0 radical (unpaired) electrons. The van der Waals surface area contributed by atoms with Crippen molar-refractivity contribution < 1.29 is 0 Å². The predicted molar refractivity (Wildman–Crippen MR) is 43.6 cm³/mol. The van der Waals surface area contributed by atoms with E-state index < -0.39 is 0 Å². The minimum atomic E-state index is 1.45. The molecule has 0 bridgehead atoms. The smallest absolute Gasteiger partial charge is 0.0859 e. The maximum absolute atomic E-state index is 2.18. The van der Waals surface area contributed by atoms with Crippen molar-refractivity contribution in [2.24, 2.45) is 0 Å². The molecule has 2 heterocycles. The molecule has 0 nitrogen and oxygen atoms in total. The Morgan fingerprint density at radius 1 is 1.25 bits per heavy atom. The highest BCUT2D eigenvalue weighted by Gasteiger charge is 2.13. The quantitative estimate of drug-likeness (QED) is 0.558. The second-order valence-electron chi connectivity index (χ2n) is 1.31. The number of fused-ring (bicyclic) bond motifs is 1. The first kappa shape index (κ1) is 5.53. The molecular weight excluding hydrogens is 176 g/mol. The van der Waals surface area contributed by atoms with Crippen LogP contribution in [0.5, 0.6) is 0 Å². The summed E-state index contributed by atoms with van der Waals surface area (Å²) in [6.45, 7) is 0. The molecule has 8 heavy (non-hydrogen) atoms. The van der Waals surface area contributed by atoms with E-state index in [2.05, 4.69) is 11.4 Å². The third-order valence-electron chi connectivity index (χ3n) is 0.829. The molecule has 0 saturated carbocycles. The van der Waals surface area contributed by atoms with Crippen LogP contribution in [-0.2, 0) is 0 Å². The van der Waals surface area contributed by atoms with Crippen molar-refractivity contribution in [3.63, 3.8) is 0 Å². The zero-order valence-electron chi connectivity index (χ0n) is 3.79. The van der Waals surface area contributed by atoms with Gasteiger partial charge in [-0.25, -0.2) is 0 Å². The zero-order chi connectivity index (χ0) is 5.40. The van der Waals surface area contributed by atoms with Crippen LogP contribution in [0.25, 0.3) is 0 Å². The molecule has 1 aliphatic heterocycles. The van der Waals surface area contributed by atoms with Gasteiger partial charge in [-0.2, -0.15) is 0 Å². The molecule has 0 atom stereocenters. The highest BCUT2D eigenvalue weighted by Crippen LogP contribution is 2.57. The molecule has 0 amide bonds. The minimum absolute atomic E-state index is 1.45. The van der Waals surface area contributed by atoms with Gasteiger partial charge in [-0.05, 0) is 42.9 Å². The largest absolute Gasteiger partial charge is 0.135 e. The molecular formula is C4H2S4. The third kappa shape index (κ3) is 0.795. The van der Waals surface area contributed by atoms with Crippen molar-refractivity contribution in [1.29, 1.82) is 0 Å². The van der Waals surface area contributed by atoms with Crippen molar-refractivity contribution in [2.45, 2.75) is 9.10 Å². The molecule has 1 aromatic rings. The molecule has 0 saturated heterocycles. The van der Waals surface area contributed by atoms with E-state index in [9.17, 15) is 0 Å². The zero-order valence-corrected chi connectivity index (χ0v) is 7.05. The van der Waals surface area contributed by atoms with Crippen LogP contribution in [0.2, 0.25) is 0 Å². The first-order valence-corrected chi connectivity index (χ1v) is 6.42. The second-order valence-corrected chi connectivity index (χ2v) is 6.43. The fourth-order valence-electron chi connectivity index (χ4n) is 0.491. The van der Waals surface area contributed by atoms with Crippen molar-refractivity contribution in [3.05, 3.63) is 11.4 Å². The Labute approximate surface area is 63.2 Å². The Balaban J connectivity index is 2.54. The maximum Gasteiger partial charge on any atom is 0.0859 e. The summed E-state index contributed by atoms with van der Waals surface area (Å²) in [4.78, 5) is 1.45. The molecule has 2 rings (SSSR count). The standard InChI is InChI=1S/C4H2S4/c1-2-5-4-3(1)6-8-7-4/h1-2H. The Bertz CT molecular complexity index is 173. The summed E-state index contributed by atoms with van der Waals surface area (Å²) in [5.41, 5.74) is 0. The van der Waals surface area contributed by atoms with Crippen LogP contribution >= 0.6 is 42.8 Å². The van der Waals surface area contributed by atoms with E-state index in [-0.39, 0.29) is 0 Å². The Morgan fingerprint density at radius 2 is 2.25 bits per heavy atom. The van der Waals surface area contributed by atoms with E-state index in [1.54, 1.807) is 0 Å². The Kier molecular flexibility index (Phi) is 1.50. The van der Waals surface area contributed by atoms with Gasteiger partial charge in [-0.15, -0.1) is 11.3 Å². The first-order valence-electron chi connectivity index (χ1n) is 2.05. The summed E-state index contributed by atoms with van der Waals surface area (Å²) in [7, 11) is 5.59. The van der Waals surface area contributed by atoms with E-state index in [1.165, 1.54) is 9.10 Å². The van der Waals surface area contributed by atoms with Crippen LogP contribution in [0.15, 0.2) is 20.6 Å². The van der Waals surface area contributed by atoms with Crippen LogP contribution in [0, 0.1) is 0 Å². The molecule has 0 fully saturated rings. The number of rotatable bonds is 0. The SMILES string of the molecule is c1cc2c(s1)SSS2. The van der Waals surface area contributed by atoms with Gasteiger partial charge >= 0.3 is 0 Å². The molecule has 1 aromatic heterocycles. The Hall–Kier alpha value is 0.750. The fourth-order valence-corrected chi connectivity index (χ4v) is 6.74. The molecule has 42 valence electrons. The summed E-state index contributed by atoms with van der Waals surface area (Å²) < 4.78 is 1.47. The van der Waals surface area contributed by atoms with Gasteiger partial charge in [-0.3, -0.25) is 0 Å². The fraction of sp³-hybridized carbons (Fsp3) is 0. The first-order chi connectivity index (χ1) is 3.97. The Morgan fingerprint density at radius 3 is 3.12 bits per heavy atom. The van der Waals surface area contributed by atoms with Gasteiger partial charge in [0.2, 0.25) is 0 Å². The molecule has 0 aliphatic carbocycles. The summed E-state index contributed by atoms with van der Waals surface area (Å²) in [6.07, 6.45) is 0. The van der Waals surface area contributed by atoms with Gasteiger partial charge in [0.05, 0.1) is 4.21 Å². The number of hydrogen-bond acceptors (Lipinski definition) is 4. The maximum atomic E-state index is 2.18.